The fourth-order valence-corrected chi connectivity index (χ4v) is 3.72. The number of rotatable bonds is 8. The lowest BCUT2D eigenvalue weighted by Gasteiger charge is -2.12. The van der Waals surface area contributed by atoms with Crippen LogP contribution in [0.1, 0.15) is 16.8 Å². The highest BCUT2D eigenvalue weighted by atomic mass is 16.5. The second-order valence-corrected chi connectivity index (χ2v) is 7.81. The van der Waals surface area contributed by atoms with Gasteiger partial charge in [0, 0.05) is 48.5 Å². The van der Waals surface area contributed by atoms with Crippen LogP contribution in [0.3, 0.4) is 0 Å². The molecule has 0 bridgehead atoms. The van der Waals surface area contributed by atoms with Crippen molar-refractivity contribution in [2.24, 2.45) is 0 Å². The van der Waals surface area contributed by atoms with Gasteiger partial charge in [-0.3, -0.25) is 19.9 Å². The Hall–Kier alpha value is -4.59. The molecule has 0 saturated carbocycles. The Bertz CT molecular complexity index is 1440. The predicted octanol–water partition coefficient (Wildman–Crippen LogP) is 4.67. The van der Waals surface area contributed by atoms with Gasteiger partial charge in [-0.2, -0.15) is 0 Å². The number of hydrogen-bond acceptors (Lipinski definition) is 8. The van der Waals surface area contributed by atoms with Crippen molar-refractivity contribution in [1.82, 2.24) is 24.9 Å². The summed E-state index contributed by atoms with van der Waals surface area (Å²) in [5.74, 6) is 1.66. The van der Waals surface area contributed by atoms with Crippen molar-refractivity contribution in [2.45, 2.75) is 13.0 Å². The summed E-state index contributed by atoms with van der Waals surface area (Å²) in [6.07, 6.45) is 11.3. The highest BCUT2D eigenvalue weighted by molar-refractivity contribution is 5.82. The maximum Gasteiger partial charge on any atom is 0.257 e. The largest absolute Gasteiger partial charge is 0.495 e. The van der Waals surface area contributed by atoms with E-state index in [1.54, 1.807) is 39.0 Å². The summed E-state index contributed by atoms with van der Waals surface area (Å²) in [5, 5.41) is 0. The molecule has 0 aliphatic heterocycles. The number of pyridine rings is 5. The third-order valence-electron chi connectivity index (χ3n) is 5.54. The third-order valence-corrected chi connectivity index (χ3v) is 5.54. The number of fused-ring (bicyclic) bond motifs is 1. The SMILES string of the molecule is COc1ccc(COc2ncc(Cc3ccnc4cc(-c5cccnc5)cnc34)cc2OC)nc1. The smallest absolute Gasteiger partial charge is 0.257 e. The first kappa shape index (κ1) is 22.2. The Morgan fingerprint density at radius 2 is 1.71 bits per heavy atom. The van der Waals surface area contributed by atoms with Crippen molar-refractivity contribution in [3.8, 4) is 28.5 Å². The Balaban J connectivity index is 1.35. The Morgan fingerprint density at radius 3 is 2.49 bits per heavy atom. The zero-order valence-electron chi connectivity index (χ0n) is 19.4. The third kappa shape index (κ3) is 5.01. The van der Waals surface area contributed by atoms with Crippen molar-refractivity contribution in [2.75, 3.05) is 14.2 Å². The minimum atomic E-state index is 0.269. The van der Waals surface area contributed by atoms with Gasteiger partial charge in [0.15, 0.2) is 5.75 Å². The van der Waals surface area contributed by atoms with Crippen LogP contribution >= 0.6 is 0 Å². The molecule has 35 heavy (non-hydrogen) atoms. The van der Waals surface area contributed by atoms with E-state index in [1.165, 1.54) is 0 Å². The molecular formula is C27H23N5O3. The van der Waals surface area contributed by atoms with E-state index in [0.717, 1.165) is 39.0 Å². The van der Waals surface area contributed by atoms with Crippen LogP contribution in [0, 0.1) is 0 Å². The number of aromatic nitrogens is 5. The van der Waals surface area contributed by atoms with E-state index in [2.05, 4.69) is 19.9 Å². The topological polar surface area (TPSA) is 92.1 Å². The molecule has 0 radical (unpaired) electrons. The summed E-state index contributed by atoms with van der Waals surface area (Å²) >= 11 is 0. The van der Waals surface area contributed by atoms with Crippen LogP contribution in [0.2, 0.25) is 0 Å². The molecule has 5 rings (SSSR count). The van der Waals surface area contributed by atoms with Crippen LogP contribution in [-0.2, 0) is 13.0 Å². The highest BCUT2D eigenvalue weighted by Gasteiger charge is 2.12. The minimum absolute atomic E-state index is 0.269. The maximum atomic E-state index is 5.85. The van der Waals surface area contributed by atoms with Crippen molar-refractivity contribution >= 4 is 11.0 Å². The van der Waals surface area contributed by atoms with Crippen molar-refractivity contribution in [3.63, 3.8) is 0 Å². The number of hydrogen-bond donors (Lipinski definition) is 0. The summed E-state index contributed by atoms with van der Waals surface area (Å²) in [6, 6.07) is 13.5. The molecule has 0 fully saturated rings. The fourth-order valence-electron chi connectivity index (χ4n) is 3.72. The molecule has 0 aliphatic rings. The standard InChI is InChI=1S/C27H23N5O3/c1-33-23-6-5-22(30-16-23)17-35-27-25(34-2)11-18(13-32-27)10-19-7-9-29-24-12-21(15-31-26(19)24)20-4-3-8-28-14-20/h3-9,11-16H,10,17H2,1-2H3. The minimum Gasteiger partial charge on any atom is -0.495 e. The number of methoxy groups -OCH3 is 2. The zero-order valence-corrected chi connectivity index (χ0v) is 19.4. The summed E-state index contributed by atoms with van der Waals surface area (Å²) < 4.78 is 16.5. The summed E-state index contributed by atoms with van der Waals surface area (Å²) in [7, 11) is 3.21. The van der Waals surface area contributed by atoms with Gasteiger partial charge >= 0.3 is 0 Å². The van der Waals surface area contributed by atoms with Gasteiger partial charge in [-0.05, 0) is 47.5 Å². The Labute approximate surface area is 202 Å². The number of ether oxygens (including phenoxy) is 3. The van der Waals surface area contributed by atoms with Crippen LogP contribution in [-0.4, -0.2) is 39.1 Å². The van der Waals surface area contributed by atoms with Gasteiger partial charge in [0.25, 0.3) is 5.88 Å². The van der Waals surface area contributed by atoms with Gasteiger partial charge in [0.1, 0.15) is 12.4 Å². The van der Waals surface area contributed by atoms with Gasteiger partial charge in [0.05, 0.1) is 37.1 Å². The first-order chi connectivity index (χ1) is 17.2. The molecule has 5 aromatic heterocycles. The van der Waals surface area contributed by atoms with Gasteiger partial charge < -0.3 is 14.2 Å². The molecule has 0 aliphatic carbocycles. The summed E-state index contributed by atoms with van der Waals surface area (Å²) in [5.41, 5.74) is 6.45. The molecule has 174 valence electrons. The molecule has 0 atom stereocenters. The zero-order chi connectivity index (χ0) is 24.0. The molecule has 0 aromatic carbocycles. The summed E-state index contributed by atoms with van der Waals surface area (Å²) in [6.45, 7) is 0.269. The van der Waals surface area contributed by atoms with Crippen molar-refractivity contribution in [1.29, 1.82) is 0 Å². The van der Waals surface area contributed by atoms with E-state index in [-0.39, 0.29) is 6.61 Å². The molecule has 0 amide bonds. The molecule has 8 nitrogen and oxygen atoms in total. The molecule has 8 heteroatoms. The van der Waals surface area contributed by atoms with Crippen molar-refractivity contribution in [3.05, 3.63) is 96.5 Å². The average Bonchev–Trinajstić information content (AvgIpc) is 2.93. The Morgan fingerprint density at radius 1 is 0.771 bits per heavy atom. The van der Waals surface area contributed by atoms with E-state index in [0.29, 0.717) is 23.8 Å². The second kappa shape index (κ2) is 10.1. The lowest BCUT2D eigenvalue weighted by atomic mass is 10.0. The quantitative estimate of drug-likeness (QED) is 0.326. The lowest BCUT2D eigenvalue weighted by molar-refractivity contribution is 0.268. The average molecular weight is 466 g/mol. The molecular weight excluding hydrogens is 442 g/mol. The molecule has 5 heterocycles. The van der Waals surface area contributed by atoms with E-state index < -0.39 is 0 Å². The monoisotopic (exact) mass is 465 g/mol. The first-order valence-corrected chi connectivity index (χ1v) is 11.0. The molecule has 5 aromatic rings. The normalized spacial score (nSPS) is 10.8. The molecule has 0 spiro atoms. The van der Waals surface area contributed by atoms with Gasteiger partial charge in [0.2, 0.25) is 0 Å². The van der Waals surface area contributed by atoms with Crippen LogP contribution in [0.15, 0.2) is 79.6 Å². The van der Waals surface area contributed by atoms with Crippen LogP contribution in [0.25, 0.3) is 22.2 Å². The summed E-state index contributed by atoms with van der Waals surface area (Å²) in [4.78, 5) is 22.2. The van der Waals surface area contributed by atoms with Crippen molar-refractivity contribution < 1.29 is 14.2 Å². The fraction of sp³-hybridized carbons (Fsp3) is 0.148. The van der Waals surface area contributed by atoms with E-state index in [9.17, 15) is 0 Å². The van der Waals surface area contributed by atoms with E-state index in [4.69, 9.17) is 19.2 Å². The van der Waals surface area contributed by atoms with E-state index in [1.807, 2.05) is 54.9 Å². The highest BCUT2D eigenvalue weighted by Crippen LogP contribution is 2.28. The maximum absolute atomic E-state index is 5.85. The van der Waals surface area contributed by atoms with Gasteiger partial charge in [-0.25, -0.2) is 4.98 Å². The van der Waals surface area contributed by atoms with Gasteiger partial charge in [-0.1, -0.05) is 6.07 Å². The first-order valence-electron chi connectivity index (χ1n) is 11.0. The van der Waals surface area contributed by atoms with Crippen LogP contribution in [0.5, 0.6) is 17.4 Å². The molecule has 0 saturated heterocycles. The van der Waals surface area contributed by atoms with Crippen LogP contribution in [0.4, 0.5) is 0 Å². The molecule has 0 N–H and O–H groups in total. The van der Waals surface area contributed by atoms with Crippen LogP contribution < -0.4 is 14.2 Å². The molecule has 0 unspecified atom stereocenters. The van der Waals surface area contributed by atoms with E-state index >= 15 is 0 Å². The second-order valence-electron chi connectivity index (χ2n) is 7.81. The Kier molecular flexibility index (Phi) is 6.43. The van der Waals surface area contributed by atoms with Gasteiger partial charge in [-0.15, -0.1) is 0 Å². The lowest BCUT2D eigenvalue weighted by Crippen LogP contribution is -2.03. The number of nitrogens with zero attached hydrogens (tertiary/aromatic N) is 5. The predicted molar refractivity (Wildman–Crippen MR) is 131 cm³/mol.